The molecule has 1 aliphatic heterocycles. The molecule has 1 saturated carbocycles. The molecule has 26 heavy (non-hydrogen) atoms. The molecule has 2 aliphatic rings. The largest absolute Gasteiger partial charge is 0.349 e. The maximum absolute atomic E-state index is 12.2. The van der Waals surface area contributed by atoms with Gasteiger partial charge in [-0.1, -0.05) is 0 Å². The van der Waals surface area contributed by atoms with E-state index in [2.05, 4.69) is 25.2 Å². The molecule has 1 saturated heterocycles. The number of anilines is 1. The summed E-state index contributed by atoms with van der Waals surface area (Å²) in [5.41, 5.74) is 1.40. The molecule has 0 aromatic carbocycles. The van der Waals surface area contributed by atoms with E-state index in [9.17, 15) is 9.59 Å². The van der Waals surface area contributed by atoms with E-state index in [1.165, 1.54) is 17.0 Å². The molecular weight excluding hydrogens is 332 g/mol. The first kappa shape index (κ1) is 16.7. The second-order valence-electron chi connectivity index (χ2n) is 6.87. The highest BCUT2D eigenvalue weighted by molar-refractivity contribution is 5.75. The van der Waals surface area contributed by atoms with E-state index >= 15 is 0 Å². The van der Waals surface area contributed by atoms with Crippen molar-refractivity contribution in [1.29, 1.82) is 0 Å². The number of hydrogen-bond donors (Lipinski definition) is 1. The van der Waals surface area contributed by atoms with Crippen LogP contribution in [-0.2, 0) is 17.9 Å². The molecule has 0 unspecified atom stereocenters. The van der Waals surface area contributed by atoms with E-state index in [0.29, 0.717) is 18.4 Å². The number of rotatable bonds is 6. The molecule has 0 spiro atoms. The summed E-state index contributed by atoms with van der Waals surface area (Å²) in [7, 11) is 0. The summed E-state index contributed by atoms with van der Waals surface area (Å²) >= 11 is 0. The molecule has 0 radical (unpaired) electrons. The Hall–Kier alpha value is -2.77. The highest BCUT2D eigenvalue weighted by atomic mass is 16.2. The van der Waals surface area contributed by atoms with Gasteiger partial charge in [0.1, 0.15) is 6.54 Å². The zero-order valence-electron chi connectivity index (χ0n) is 14.6. The Morgan fingerprint density at radius 3 is 2.77 bits per heavy atom. The molecule has 0 atom stereocenters. The highest BCUT2D eigenvalue weighted by Gasteiger charge is 2.25. The van der Waals surface area contributed by atoms with Crippen LogP contribution in [0.2, 0.25) is 0 Å². The Labute approximate surface area is 151 Å². The van der Waals surface area contributed by atoms with Gasteiger partial charge < -0.3 is 10.2 Å². The van der Waals surface area contributed by atoms with E-state index in [4.69, 9.17) is 0 Å². The van der Waals surface area contributed by atoms with Gasteiger partial charge in [-0.15, -0.1) is 0 Å². The van der Waals surface area contributed by atoms with Gasteiger partial charge in [0, 0.05) is 31.3 Å². The van der Waals surface area contributed by atoms with Gasteiger partial charge in [-0.25, -0.2) is 15.0 Å². The zero-order chi connectivity index (χ0) is 17.9. The number of nitrogens with one attached hydrogen (secondary N) is 1. The van der Waals surface area contributed by atoms with Crippen LogP contribution >= 0.6 is 0 Å². The molecular formula is C18H22N6O2. The average Bonchev–Trinajstić information content (AvgIpc) is 3.36. The number of carbonyl (C=O) groups is 1. The van der Waals surface area contributed by atoms with Crippen molar-refractivity contribution in [2.75, 3.05) is 18.0 Å². The number of hydrogen-bond acceptors (Lipinski definition) is 6. The first-order valence-electron chi connectivity index (χ1n) is 9.09. The maximum atomic E-state index is 12.2. The summed E-state index contributed by atoms with van der Waals surface area (Å²) in [6.07, 6.45) is 7.68. The van der Waals surface area contributed by atoms with Gasteiger partial charge in [-0.05, 0) is 31.7 Å². The van der Waals surface area contributed by atoms with E-state index < -0.39 is 0 Å². The molecule has 2 aromatic heterocycles. The standard InChI is InChI=1S/C18H22N6O2/c25-16(11-24-12-21-15(9-17(24)26)13-3-4-13)20-10-14-5-6-19-18(22-14)23-7-1-2-8-23/h5-6,9,12-13H,1-4,7-8,10-11H2,(H,20,25). The molecule has 8 nitrogen and oxygen atoms in total. The summed E-state index contributed by atoms with van der Waals surface area (Å²) in [6.45, 7) is 2.22. The fraction of sp³-hybridized carbons (Fsp3) is 0.500. The summed E-state index contributed by atoms with van der Waals surface area (Å²) in [6, 6.07) is 3.33. The second-order valence-corrected chi connectivity index (χ2v) is 6.87. The Balaban J connectivity index is 1.34. The zero-order valence-corrected chi connectivity index (χ0v) is 14.6. The molecule has 2 aromatic rings. The van der Waals surface area contributed by atoms with E-state index in [-0.39, 0.29) is 18.0 Å². The Kier molecular flexibility index (Phi) is 4.64. The quantitative estimate of drug-likeness (QED) is 0.826. The first-order valence-corrected chi connectivity index (χ1v) is 9.09. The number of amides is 1. The lowest BCUT2D eigenvalue weighted by Crippen LogP contribution is -2.32. The van der Waals surface area contributed by atoms with Crippen molar-refractivity contribution in [2.24, 2.45) is 0 Å². The van der Waals surface area contributed by atoms with Gasteiger partial charge in [0.25, 0.3) is 5.56 Å². The van der Waals surface area contributed by atoms with Crippen molar-refractivity contribution in [3.8, 4) is 0 Å². The summed E-state index contributed by atoms with van der Waals surface area (Å²) < 4.78 is 1.33. The number of carbonyl (C=O) groups excluding carboxylic acids is 1. The molecule has 4 rings (SSSR count). The molecule has 1 N–H and O–H groups in total. The molecule has 1 aliphatic carbocycles. The summed E-state index contributed by atoms with van der Waals surface area (Å²) in [5, 5.41) is 2.81. The van der Waals surface area contributed by atoms with Gasteiger partial charge in [0.2, 0.25) is 11.9 Å². The van der Waals surface area contributed by atoms with Crippen LogP contribution in [0.3, 0.4) is 0 Å². The van der Waals surface area contributed by atoms with Gasteiger partial charge in [0.05, 0.1) is 24.3 Å². The highest BCUT2D eigenvalue weighted by Crippen LogP contribution is 2.38. The maximum Gasteiger partial charge on any atom is 0.254 e. The molecule has 8 heteroatoms. The van der Waals surface area contributed by atoms with Crippen molar-refractivity contribution in [3.63, 3.8) is 0 Å². The number of nitrogens with zero attached hydrogens (tertiary/aromatic N) is 5. The average molecular weight is 354 g/mol. The third kappa shape index (κ3) is 3.89. The van der Waals surface area contributed by atoms with Gasteiger partial charge in [-0.2, -0.15) is 0 Å². The van der Waals surface area contributed by atoms with Crippen molar-refractivity contribution < 1.29 is 4.79 Å². The monoisotopic (exact) mass is 354 g/mol. The molecule has 136 valence electrons. The lowest BCUT2D eigenvalue weighted by Gasteiger charge is -2.15. The van der Waals surface area contributed by atoms with E-state index in [1.807, 2.05) is 0 Å². The second kappa shape index (κ2) is 7.23. The molecule has 3 heterocycles. The van der Waals surface area contributed by atoms with Gasteiger partial charge in [-0.3, -0.25) is 14.2 Å². The van der Waals surface area contributed by atoms with E-state index in [1.54, 1.807) is 12.3 Å². The van der Waals surface area contributed by atoms with Crippen LogP contribution in [-0.4, -0.2) is 38.5 Å². The topological polar surface area (TPSA) is 93.0 Å². The Bertz CT molecular complexity index is 855. The van der Waals surface area contributed by atoms with Gasteiger partial charge in [0.15, 0.2) is 0 Å². The fourth-order valence-electron chi connectivity index (χ4n) is 3.11. The third-order valence-corrected chi connectivity index (χ3v) is 4.77. The minimum atomic E-state index is -0.241. The molecule has 0 bridgehead atoms. The van der Waals surface area contributed by atoms with Crippen LogP contribution in [0.25, 0.3) is 0 Å². The van der Waals surface area contributed by atoms with Crippen LogP contribution in [0, 0.1) is 0 Å². The summed E-state index contributed by atoms with van der Waals surface area (Å²) in [4.78, 5) is 39.5. The smallest absolute Gasteiger partial charge is 0.254 e. The van der Waals surface area contributed by atoms with Crippen LogP contribution < -0.4 is 15.8 Å². The Morgan fingerprint density at radius 1 is 1.23 bits per heavy atom. The van der Waals surface area contributed by atoms with Crippen LogP contribution in [0.15, 0.2) is 29.5 Å². The van der Waals surface area contributed by atoms with Crippen molar-refractivity contribution in [1.82, 2.24) is 24.8 Å². The summed E-state index contributed by atoms with van der Waals surface area (Å²) in [5.74, 6) is 0.897. The minimum absolute atomic E-state index is 0.0408. The predicted molar refractivity (Wildman–Crippen MR) is 95.8 cm³/mol. The fourth-order valence-corrected chi connectivity index (χ4v) is 3.11. The SMILES string of the molecule is O=C(Cn1cnc(C2CC2)cc1=O)NCc1ccnc(N2CCCC2)n1. The normalized spacial score (nSPS) is 16.7. The van der Waals surface area contributed by atoms with Crippen molar-refractivity contribution >= 4 is 11.9 Å². The van der Waals surface area contributed by atoms with Crippen LogP contribution in [0.5, 0.6) is 0 Å². The lowest BCUT2D eigenvalue weighted by atomic mass is 10.3. The van der Waals surface area contributed by atoms with Crippen LogP contribution in [0.1, 0.15) is 43.0 Å². The van der Waals surface area contributed by atoms with Gasteiger partial charge >= 0.3 is 0 Å². The number of aromatic nitrogens is 4. The van der Waals surface area contributed by atoms with Crippen LogP contribution in [0.4, 0.5) is 5.95 Å². The van der Waals surface area contributed by atoms with Crippen molar-refractivity contribution in [3.05, 3.63) is 46.4 Å². The predicted octanol–water partition coefficient (Wildman–Crippen LogP) is 0.827. The minimum Gasteiger partial charge on any atom is -0.349 e. The Morgan fingerprint density at radius 2 is 2.04 bits per heavy atom. The third-order valence-electron chi connectivity index (χ3n) is 4.77. The molecule has 2 fully saturated rings. The van der Waals surface area contributed by atoms with Crippen molar-refractivity contribution in [2.45, 2.75) is 44.7 Å². The lowest BCUT2D eigenvalue weighted by molar-refractivity contribution is -0.121. The molecule has 1 amide bonds. The van der Waals surface area contributed by atoms with E-state index in [0.717, 1.165) is 50.2 Å². The first-order chi connectivity index (χ1) is 12.7.